The number of carbonyl (C=O) groups is 3. The minimum atomic E-state index is -1.56. The van der Waals surface area contributed by atoms with Crippen LogP contribution in [0.3, 0.4) is 0 Å². The van der Waals surface area contributed by atoms with Crippen molar-refractivity contribution in [1.29, 1.82) is 0 Å². The number of nitrogens with one attached hydrogen (secondary N) is 2. The molecule has 0 radical (unpaired) electrons. The first-order valence-electron chi connectivity index (χ1n) is 12.9. The smallest absolute Gasteiger partial charge is 0.335 e. The van der Waals surface area contributed by atoms with E-state index >= 15 is 0 Å². The van der Waals surface area contributed by atoms with E-state index < -0.39 is 47.6 Å². The highest BCUT2D eigenvalue weighted by atomic mass is 16.6. The Hall–Kier alpha value is -4.15. The van der Waals surface area contributed by atoms with Gasteiger partial charge < -0.3 is 25.3 Å². The maximum atomic E-state index is 13.0. The van der Waals surface area contributed by atoms with Gasteiger partial charge in [0.1, 0.15) is 11.7 Å². The minimum absolute atomic E-state index is 0.248. The number of Topliss-reactive ketones (excluding diaryl/α,β-unsaturated/α-hetero) is 1. The van der Waals surface area contributed by atoms with E-state index in [2.05, 4.69) is 15.3 Å². The van der Waals surface area contributed by atoms with Crippen molar-refractivity contribution in [1.82, 2.24) is 15.3 Å². The van der Waals surface area contributed by atoms with Gasteiger partial charge in [0.05, 0.1) is 12.1 Å². The largest absolute Gasteiger partial charge is 0.458 e. The molecule has 0 spiro atoms. The first kappa shape index (κ1) is 27.9. The Morgan fingerprint density at radius 1 is 1.00 bits per heavy atom. The standard InChI is InChI=1S/C29H31N3O7/c33-21-13-7-8-14-24(21)39-29(38)23(35)16-15-22(34)26-30-17-20(28(37)32-26)27(36)31-25(18-9-3-1-4-10-18)19-11-5-2-6-12-19/h1-6,9-12,17,21,23-25,33,35H,7-8,13-16H2,(H,31,36)(H,30,32,37)/t21?,23-,24?/m1/s1. The Morgan fingerprint density at radius 3 is 2.21 bits per heavy atom. The molecule has 4 rings (SSSR count). The van der Waals surface area contributed by atoms with E-state index in [9.17, 15) is 29.4 Å². The SMILES string of the molecule is O=C(CC[C@@H](O)C(=O)OC1CCCCC1O)c1ncc(C(=O)NC(c2ccccc2)c2ccccc2)c(=O)[nH]1. The quantitative estimate of drug-likeness (QED) is 0.229. The molecule has 1 amide bonds. The second-order valence-corrected chi connectivity index (χ2v) is 9.51. The first-order chi connectivity index (χ1) is 18.8. The number of carbonyl (C=O) groups excluding carboxylic acids is 3. The van der Waals surface area contributed by atoms with E-state index in [1.54, 1.807) is 0 Å². The topological polar surface area (TPSA) is 159 Å². The van der Waals surface area contributed by atoms with Gasteiger partial charge in [-0.05, 0) is 36.8 Å². The first-order valence-corrected chi connectivity index (χ1v) is 12.9. The van der Waals surface area contributed by atoms with Gasteiger partial charge in [0.25, 0.3) is 11.5 Å². The molecule has 3 atom stereocenters. The Labute approximate surface area is 225 Å². The molecule has 4 N–H and O–H groups in total. The summed E-state index contributed by atoms with van der Waals surface area (Å²) in [5.74, 6) is -2.48. The van der Waals surface area contributed by atoms with E-state index in [-0.39, 0.29) is 24.2 Å². The molecule has 204 valence electrons. The number of ether oxygens (including phenoxy) is 1. The number of aromatic nitrogens is 2. The van der Waals surface area contributed by atoms with Gasteiger partial charge in [-0.2, -0.15) is 0 Å². The second kappa shape index (κ2) is 13.1. The van der Waals surface area contributed by atoms with Gasteiger partial charge >= 0.3 is 5.97 Å². The molecule has 2 unspecified atom stereocenters. The number of hydrogen-bond acceptors (Lipinski definition) is 8. The highest BCUT2D eigenvalue weighted by molar-refractivity contribution is 5.96. The van der Waals surface area contributed by atoms with Crippen LogP contribution in [-0.4, -0.2) is 56.2 Å². The molecule has 0 bridgehead atoms. The molecule has 1 aliphatic rings. The van der Waals surface area contributed by atoms with Crippen LogP contribution in [0.4, 0.5) is 0 Å². The third kappa shape index (κ3) is 7.24. The van der Waals surface area contributed by atoms with E-state index in [4.69, 9.17) is 4.74 Å². The van der Waals surface area contributed by atoms with Crippen molar-refractivity contribution >= 4 is 17.7 Å². The molecule has 2 aromatic carbocycles. The van der Waals surface area contributed by atoms with Crippen LogP contribution in [0.1, 0.15) is 76.7 Å². The number of benzene rings is 2. The van der Waals surface area contributed by atoms with Crippen LogP contribution < -0.4 is 10.9 Å². The van der Waals surface area contributed by atoms with Gasteiger partial charge in [0.15, 0.2) is 17.7 Å². The van der Waals surface area contributed by atoms with Crippen molar-refractivity contribution in [2.45, 2.75) is 62.9 Å². The zero-order chi connectivity index (χ0) is 27.8. The van der Waals surface area contributed by atoms with Gasteiger partial charge in [-0.1, -0.05) is 67.1 Å². The maximum absolute atomic E-state index is 13.0. The van der Waals surface area contributed by atoms with Crippen LogP contribution in [-0.2, 0) is 9.53 Å². The normalized spacial score (nSPS) is 17.8. The summed E-state index contributed by atoms with van der Waals surface area (Å²) in [5, 5.41) is 22.9. The van der Waals surface area contributed by atoms with Gasteiger partial charge in [0, 0.05) is 12.6 Å². The minimum Gasteiger partial charge on any atom is -0.458 e. The van der Waals surface area contributed by atoms with Crippen LogP contribution in [0.25, 0.3) is 0 Å². The van der Waals surface area contributed by atoms with E-state index in [1.165, 1.54) is 0 Å². The number of amides is 1. The van der Waals surface area contributed by atoms with Crippen LogP contribution >= 0.6 is 0 Å². The fraction of sp³-hybridized carbons (Fsp3) is 0.345. The highest BCUT2D eigenvalue weighted by Crippen LogP contribution is 2.23. The van der Waals surface area contributed by atoms with Gasteiger partial charge in [-0.3, -0.25) is 14.4 Å². The number of aliphatic hydroxyl groups excluding tert-OH is 2. The summed E-state index contributed by atoms with van der Waals surface area (Å²) in [7, 11) is 0. The monoisotopic (exact) mass is 533 g/mol. The highest BCUT2D eigenvalue weighted by Gasteiger charge is 2.29. The lowest BCUT2D eigenvalue weighted by Crippen LogP contribution is -2.37. The van der Waals surface area contributed by atoms with Crippen molar-refractivity contribution < 1.29 is 29.3 Å². The molecule has 39 heavy (non-hydrogen) atoms. The number of esters is 1. The second-order valence-electron chi connectivity index (χ2n) is 9.51. The summed E-state index contributed by atoms with van der Waals surface area (Å²) in [6.45, 7) is 0. The summed E-state index contributed by atoms with van der Waals surface area (Å²) < 4.78 is 5.19. The van der Waals surface area contributed by atoms with E-state index in [0.717, 1.165) is 30.2 Å². The van der Waals surface area contributed by atoms with Crippen LogP contribution in [0.5, 0.6) is 0 Å². The molecule has 0 aliphatic heterocycles. The molecule has 1 saturated carbocycles. The van der Waals surface area contributed by atoms with Crippen molar-refractivity contribution in [3.8, 4) is 0 Å². The lowest BCUT2D eigenvalue weighted by Gasteiger charge is -2.28. The number of ketones is 1. The van der Waals surface area contributed by atoms with E-state index in [0.29, 0.717) is 12.8 Å². The number of aliphatic hydroxyl groups is 2. The Kier molecular flexibility index (Phi) is 9.35. The molecule has 3 aromatic rings. The fourth-order valence-electron chi connectivity index (χ4n) is 4.50. The molecule has 1 aromatic heterocycles. The summed E-state index contributed by atoms with van der Waals surface area (Å²) in [6, 6.07) is 18.1. The summed E-state index contributed by atoms with van der Waals surface area (Å²) >= 11 is 0. The molecule has 10 nitrogen and oxygen atoms in total. The average molecular weight is 534 g/mol. The molecule has 1 aliphatic carbocycles. The third-order valence-corrected chi connectivity index (χ3v) is 6.70. The summed E-state index contributed by atoms with van der Waals surface area (Å²) in [6.07, 6.45) is 0.198. The van der Waals surface area contributed by atoms with Gasteiger partial charge in [-0.15, -0.1) is 0 Å². The third-order valence-electron chi connectivity index (χ3n) is 6.70. The predicted octanol–water partition coefficient (Wildman–Crippen LogP) is 2.46. The number of nitrogens with zero attached hydrogens (tertiary/aromatic N) is 1. The Balaban J connectivity index is 1.38. The van der Waals surface area contributed by atoms with Crippen molar-refractivity contribution in [2.75, 3.05) is 0 Å². The van der Waals surface area contributed by atoms with Crippen molar-refractivity contribution in [3.05, 3.63) is 99.7 Å². The zero-order valence-electron chi connectivity index (χ0n) is 21.3. The number of rotatable bonds is 10. The molecule has 1 heterocycles. The predicted molar refractivity (Wildman–Crippen MR) is 141 cm³/mol. The van der Waals surface area contributed by atoms with Crippen LogP contribution in [0, 0.1) is 0 Å². The lowest BCUT2D eigenvalue weighted by molar-refractivity contribution is -0.167. The zero-order valence-corrected chi connectivity index (χ0v) is 21.3. The average Bonchev–Trinajstić information content (AvgIpc) is 2.96. The number of hydrogen-bond donors (Lipinski definition) is 4. The number of H-pyrrole nitrogens is 1. The van der Waals surface area contributed by atoms with Crippen molar-refractivity contribution in [2.24, 2.45) is 0 Å². The van der Waals surface area contributed by atoms with E-state index in [1.807, 2.05) is 60.7 Å². The Bertz CT molecular complexity index is 1300. The molecule has 0 saturated heterocycles. The van der Waals surface area contributed by atoms with Gasteiger partial charge in [-0.25, -0.2) is 9.78 Å². The lowest BCUT2D eigenvalue weighted by atomic mass is 9.95. The summed E-state index contributed by atoms with van der Waals surface area (Å²) in [5.41, 5.74) is 0.585. The fourth-order valence-corrected chi connectivity index (χ4v) is 4.50. The van der Waals surface area contributed by atoms with Crippen LogP contribution in [0.2, 0.25) is 0 Å². The molecule has 10 heteroatoms. The number of aromatic amines is 1. The molecular formula is C29H31N3O7. The Morgan fingerprint density at radius 2 is 1.62 bits per heavy atom. The van der Waals surface area contributed by atoms with Gasteiger partial charge in [0.2, 0.25) is 0 Å². The van der Waals surface area contributed by atoms with Crippen molar-refractivity contribution in [3.63, 3.8) is 0 Å². The maximum Gasteiger partial charge on any atom is 0.335 e. The molecule has 1 fully saturated rings. The van der Waals surface area contributed by atoms with Crippen LogP contribution in [0.15, 0.2) is 71.7 Å². The summed E-state index contributed by atoms with van der Waals surface area (Å²) in [4.78, 5) is 56.7. The molecular weight excluding hydrogens is 502 g/mol.